The lowest BCUT2D eigenvalue weighted by atomic mass is 9.81. The number of rotatable bonds is 3. The van der Waals surface area contributed by atoms with E-state index < -0.39 is 23.9 Å². The summed E-state index contributed by atoms with van der Waals surface area (Å²) >= 11 is 0. The second-order valence-corrected chi connectivity index (χ2v) is 7.78. The van der Waals surface area contributed by atoms with Crippen LogP contribution >= 0.6 is 0 Å². The Labute approximate surface area is 138 Å². The van der Waals surface area contributed by atoms with Gasteiger partial charge in [0, 0.05) is 17.9 Å². The van der Waals surface area contributed by atoms with Crippen LogP contribution in [0.4, 0.5) is 0 Å². The Hall–Kier alpha value is -1.47. The van der Waals surface area contributed by atoms with Crippen LogP contribution in [0.5, 0.6) is 0 Å². The van der Waals surface area contributed by atoms with Gasteiger partial charge in [0.1, 0.15) is 17.8 Å². The highest BCUT2D eigenvalue weighted by molar-refractivity contribution is 6.61. The molecule has 0 amide bonds. The molecule has 0 unspecified atom stereocenters. The summed E-state index contributed by atoms with van der Waals surface area (Å²) in [6.07, 6.45) is 3.31. The molecular weight excluding hydrogens is 295 g/mol. The maximum atomic E-state index is 11.8. The van der Waals surface area contributed by atoms with E-state index in [9.17, 15) is 4.79 Å². The van der Waals surface area contributed by atoms with Crippen LogP contribution in [0, 0.1) is 0 Å². The number of hydrogen-bond donors (Lipinski definition) is 0. The fraction of sp³-hybridized carbons (Fsp3) is 0.688. The van der Waals surface area contributed by atoms with Crippen molar-refractivity contribution in [2.24, 2.45) is 0 Å². The molecule has 0 aromatic carbocycles. The third-order valence-electron chi connectivity index (χ3n) is 3.97. The Morgan fingerprint density at radius 1 is 1.13 bits per heavy atom. The van der Waals surface area contributed by atoms with Crippen molar-refractivity contribution in [2.45, 2.75) is 71.7 Å². The Balaban J connectivity index is 2.02. The van der Waals surface area contributed by atoms with Crippen molar-refractivity contribution >= 4 is 18.6 Å². The van der Waals surface area contributed by atoms with E-state index in [4.69, 9.17) is 14.0 Å². The number of carbonyl (C=O) groups is 1. The number of aromatic nitrogens is 2. The summed E-state index contributed by atoms with van der Waals surface area (Å²) in [6.45, 7) is 13.4. The molecule has 2 heterocycles. The predicted octanol–water partition coefficient (Wildman–Crippen LogP) is 1.66. The van der Waals surface area contributed by atoms with Gasteiger partial charge in [-0.05, 0) is 48.5 Å². The average molecular weight is 320 g/mol. The molecule has 0 spiro atoms. The monoisotopic (exact) mass is 320 g/mol. The van der Waals surface area contributed by atoms with Gasteiger partial charge in [0.25, 0.3) is 0 Å². The lowest BCUT2D eigenvalue weighted by Crippen LogP contribution is -2.41. The van der Waals surface area contributed by atoms with Crippen LogP contribution in [0.3, 0.4) is 0 Å². The number of esters is 1. The minimum atomic E-state index is -0.514. The molecule has 1 saturated heterocycles. The molecular formula is C16H25BN2O4. The highest BCUT2D eigenvalue weighted by atomic mass is 16.7. The summed E-state index contributed by atoms with van der Waals surface area (Å²) in [7, 11) is -0.504. The third kappa shape index (κ3) is 4.29. The van der Waals surface area contributed by atoms with E-state index in [1.54, 1.807) is 12.4 Å². The summed E-state index contributed by atoms with van der Waals surface area (Å²) in [5.74, 6) is 0.0698. The number of hydrogen-bond acceptors (Lipinski definition) is 6. The van der Waals surface area contributed by atoms with Crippen LogP contribution in [-0.2, 0) is 25.3 Å². The molecule has 1 aromatic rings. The topological polar surface area (TPSA) is 70.5 Å². The van der Waals surface area contributed by atoms with Crippen molar-refractivity contribution in [1.82, 2.24) is 9.97 Å². The molecule has 0 atom stereocenters. The molecule has 0 radical (unpaired) electrons. The predicted molar refractivity (Wildman–Crippen MR) is 87.3 cm³/mol. The Morgan fingerprint density at radius 3 is 2.04 bits per heavy atom. The second-order valence-electron chi connectivity index (χ2n) is 7.78. The number of ether oxygens (including phenoxy) is 1. The van der Waals surface area contributed by atoms with Crippen LogP contribution in [0.25, 0.3) is 0 Å². The highest BCUT2D eigenvalue weighted by Gasteiger charge is 2.51. The number of carbonyl (C=O) groups excluding carboxylic acids is 1. The zero-order valence-corrected chi connectivity index (χ0v) is 15.0. The third-order valence-corrected chi connectivity index (χ3v) is 3.97. The van der Waals surface area contributed by atoms with E-state index >= 15 is 0 Å². The van der Waals surface area contributed by atoms with Crippen molar-refractivity contribution in [3.05, 3.63) is 18.2 Å². The van der Waals surface area contributed by atoms with Crippen molar-refractivity contribution in [3.63, 3.8) is 0 Å². The van der Waals surface area contributed by atoms with Gasteiger partial charge in [0.2, 0.25) is 0 Å². The first kappa shape index (κ1) is 17.9. The van der Waals surface area contributed by atoms with E-state index in [0.717, 1.165) is 5.46 Å². The molecule has 6 nitrogen and oxygen atoms in total. The van der Waals surface area contributed by atoms with Crippen molar-refractivity contribution in [3.8, 4) is 0 Å². The molecule has 0 saturated carbocycles. The van der Waals surface area contributed by atoms with Crippen LogP contribution in [0.2, 0.25) is 0 Å². The summed E-state index contributed by atoms with van der Waals surface area (Å²) < 4.78 is 17.1. The van der Waals surface area contributed by atoms with Crippen molar-refractivity contribution in [2.75, 3.05) is 0 Å². The first-order chi connectivity index (χ1) is 10.4. The molecule has 126 valence electrons. The maximum absolute atomic E-state index is 11.8. The first-order valence-corrected chi connectivity index (χ1v) is 7.78. The number of nitrogens with zero attached hydrogens (tertiary/aromatic N) is 2. The second kappa shape index (κ2) is 5.87. The van der Waals surface area contributed by atoms with Gasteiger partial charge in [-0.15, -0.1) is 0 Å². The average Bonchev–Trinajstić information content (AvgIpc) is 2.56. The summed E-state index contributed by atoms with van der Waals surface area (Å²) in [6, 6.07) is 0. The van der Waals surface area contributed by atoms with E-state index in [-0.39, 0.29) is 12.4 Å². The molecule has 23 heavy (non-hydrogen) atoms. The van der Waals surface area contributed by atoms with Gasteiger partial charge < -0.3 is 14.0 Å². The molecule has 0 bridgehead atoms. The van der Waals surface area contributed by atoms with Gasteiger partial charge in [-0.2, -0.15) is 0 Å². The molecule has 1 aliphatic rings. The summed E-state index contributed by atoms with van der Waals surface area (Å²) in [4.78, 5) is 20.2. The van der Waals surface area contributed by atoms with Crippen LogP contribution in [0.1, 0.15) is 54.3 Å². The standard InChI is InChI=1S/C16H25BN2O4/c1-14(2,3)21-13(20)8-12-18-9-11(10-19-12)17-22-15(4,5)16(6,7)23-17/h9-10H,8H2,1-7H3. The minimum Gasteiger partial charge on any atom is -0.460 e. The summed E-state index contributed by atoms with van der Waals surface area (Å²) in [5, 5.41) is 0. The fourth-order valence-electron chi connectivity index (χ4n) is 2.06. The van der Waals surface area contributed by atoms with Crippen LogP contribution in [0.15, 0.2) is 12.4 Å². The quantitative estimate of drug-likeness (QED) is 0.623. The van der Waals surface area contributed by atoms with Gasteiger partial charge in [-0.25, -0.2) is 9.97 Å². The van der Waals surface area contributed by atoms with Crippen molar-refractivity contribution < 1.29 is 18.8 Å². The smallest absolute Gasteiger partial charge is 0.460 e. The van der Waals surface area contributed by atoms with Crippen molar-refractivity contribution in [1.29, 1.82) is 0 Å². The zero-order valence-electron chi connectivity index (χ0n) is 15.0. The van der Waals surface area contributed by atoms with E-state index in [2.05, 4.69) is 9.97 Å². The van der Waals surface area contributed by atoms with Crippen LogP contribution < -0.4 is 5.46 Å². The van der Waals surface area contributed by atoms with Gasteiger partial charge in [-0.3, -0.25) is 4.79 Å². The Kier molecular flexibility index (Phi) is 4.56. The largest absolute Gasteiger partial charge is 0.498 e. The summed E-state index contributed by atoms with van der Waals surface area (Å²) in [5.41, 5.74) is -0.601. The molecule has 1 aliphatic heterocycles. The molecule has 0 N–H and O–H groups in total. The molecule has 0 aliphatic carbocycles. The zero-order chi connectivity index (χ0) is 17.5. The Morgan fingerprint density at radius 2 is 1.61 bits per heavy atom. The van der Waals surface area contributed by atoms with Gasteiger partial charge in [0.15, 0.2) is 0 Å². The van der Waals surface area contributed by atoms with E-state index in [0.29, 0.717) is 5.82 Å². The maximum Gasteiger partial charge on any atom is 0.498 e. The normalized spacial score (nSPS) is 19.7. The molecule has 2 rings (SSSR count). The first-order valence-electron chi connectivity index (χ1n) is 7.78. The minimum absolute atomic E-state index is 0.0426. The van der Waals surface area contributed by atoms with Gasteiger partial charge in [-0.1, -0.05) is 0 Å². The van der Waals surface area contributed by atoms with E-state index in [1.807, 2.05) is 48.5 Å². The highest BCUT2D eigenvalue weighted by Crippen LogP contribution is 2.36. The molecule has 1 fully saturated rings. The van der Waals surface area contributed by atoms with E-state index in [1.165, 1.54) is 0 Å². The SMILES string of the molecule is CC(C)(C)OC(=O)Cc1ncc(B2OC(C)(C)C(C)(C)O2)cn1. The Bertz CT molecular complexity index is 563. The van der Waals surface area contributed by atoms with Gasteiger partial charge in [0.05, 0.1) is 11.2 Å². The molecule has 7 heteroatoms. The van der Waals surface area contributed by atoms with Crippen LogP contribution in [-0.4, -0.2) is 39.9 Å². The lowest BCUT2D eigenvalue weighted by Gasteiger charge is -2.32. The lowest BCUT2D eigenvalue weighted by molar-refractivity contribution is -0.154. The van der Waals surface area contributed by atoms with Gasteiger partial charge >= 0.3 is 13.1 Å². The fourth-order valence-corrected chi connectivity index (χ4v) is 2.06. The molecule has 1 aromatic heterocycles.